The number of benzene rings is 2. The number of carbonyl (C=O) groups is 1. The Balaban J connectivity index is 2.08. The van der Waals surface area contributed by atoms with Gasteiger partial charge in [-0.15, -0.1) is 0 Å². The number of hydrazone groups is 1. The van der Waals surface area contributed by atoms with Crippen molar-refractivity contribution in [2.45, 2.75) is 6.92 Å². The number of aliphatic carboxylic acids is 1. The number of rotatable bonds is 8. The van der Waals surface area contributed by atoms with Gasteiger partial charge in [0.25, 0.3) is 0 Å². The van der Waals surface area contributed by atoms with Gasteiger partial charge in [0.15, 0.2) is 18.1 Å². The molecule has 0 saturated carbocycles. The number of hydrogen-bond acceptors (Lipinski definition) is 5. The minimum atomic E-state index is -1.06. The highest BCUT2D eigenvalue weighted by Gasteiger charge is 2.08. The highest BCUT2D eigenvalue weighted by molar-refractivity contribution is 6.42. The Morgan fingerprint density at radius 1 is 1.16 bits per heavy atom. The molecule has 0 aromatic heterocycles. The summed E-state index contributed by atoms with van der Waals surface area (Å²) >= 11 is 11.8. The van der Waals surface area contributed by atoms with Crippen molar-refractivity contribution in [2.75, 3.05) is 18.6 Å². The van der Waals surface area contributed by atoms with Gasteiger partial charge in [0.05, 0.1) is 28.6 Å². The third-order valence-electron chi connectivity index (χ3n) is 2.95. The molecule has 0 atom stereocenters. The molecule has 8 heteroatoms. The second kappa shape index (κ2) is 9.15. The van der Waals surface area contributed by atoms with Gasteiger partial charge in [-0.25, -0.2) is 4.79 Å². The van der Waals surface area contributed by atoms with Crippen LogP contribution in [-0.4, -0.2) is 30.5 Å². The summed E-state index contributed by atoms with van der Waals surface area (Å²) in [5, 5.41) is 13.7. The molecule has 2 N–H and O–H groups in total. The standard InChI is InChI=1S/C17H16Cl2N2O4/c1-2-24-16-7-11(3-6-15(16)25-10-17(22)23)9-20-21-12-4-5-13(18)14(19)8-12/h3-9,21H,2,10H2,1H3,(H,22,23)/b20-9+. The van der Waals surface area contributed by atoms with Gasteiger partial charge in [0, 0.05) is 0 Å². The first kappa shape index (κ1) is 18.9. The lowest BCUT2D eigenvalue weighted by molar-refractivity contribution is -0.139. The smallest absolute Gasteiger partial charge is 0.341 e. The Hall–Kier alpha value is -2.44. The van der Waals surface area contributed by atoms with Crippen LogP contribution in [0, 0.1) is 0 Å². The SMILES string of the molecule is CCOc1cc(/C=N/Nc2ccc(Cl)c(Cl)c2)ccc1OCC(=O)O. The Morgan fingerprint density at radius 3 is 2.64 bits per heavy atom. The Labute approximate surface area is 155 Å². The minimum Gasteiger partial charge on any atom is -0.490 e. The number of anilines is 1. The van der Waals surface area contributed by atoms with Crippen molar-refractivity contribution in [1.82, 2.24) is 0 Å². The molecule has 0 aliphatic carbocycles. The van der Waals surface area contributed by atoms with E-state index in [1.165, 1.54) is 0 Å². The van der Waals surface area contributed by atoms with Gasteiger partial charge in [-0.2, -0.15) is 5.10 Å². The van der Waals surface area contributed by atoms with E-state index in [0.717, 1.165) is 5.56 Å². The fourth-order valence-corrected chi connectivity index (χ4v) is 2.18. The average molecular weight is 383 g/mol. The maximum Gasteiger partial charge on any atom is 0.341 e. The van der Waals surface area contributed by atoms with Crippen LogP contribution >= 0.6 is 23.2 Å². The van der Waals surface area contributed by atoms with E-state index in [0.29, 0.717) is 33.8 Å². The number of carboxylic acid groups (broad SMARTS) is 1. The van der Waals surface area contributed by atoms with E-state index in [9.17, 15) is 4.79 Å². The Bertz CT molecular complexity index is 781. The van der Waals surface area contributed by atoms with Crippen LogP contribution in [0.15, 0.2) is 41.5 Å². The van der Waals surface area contributed by atoms with Crippen molar-refractivity contribution in [1.29, 1.82) is 0 Å². The maximum atomic E-state index is 10.6. The molecule has 132 valence electrons. The molecule has 2 rings (SSSR count). The molecule has 2 aromatic rings. The van der Waals surface area contributed by atoms with Crippen molar-refractivity contribution in [2.24, 2.45) is 5.10 Å². The van der Waals surface area contributed by atoms with Crippen LogP contribution < -0.4 is 14.9 Å². The molecule has 6 nitrogen and oxygen atoms in total. The summed E-state index contributed by atoms with van der Waals surface area (Å²) in [6, 6.07) is 10.2. The molecule has 0 heterocycles. The van der Waals surface area contributed by atoms with Crippen LogP contribution in [-0.2, 0) is 4.79 Å². The monoisotopic (exact) mass is 382 g/mol. The van der Waals surface area contributed by atoms with Gasteiger partial charge in [0.2, 0.25) is 0 Å². The molecule has 2 aromatic carbocycles. The van der Waals surface area contributed by atoms with E-state index < -0.39 is 12.6 Å². The number of carboxylic acids is 1. The summed E-state index contributed by atoms with van der Waals surface area (Å²) in [5.74, 6) is -0.250. The average Bonchev–Trinajstić information content (AvgIpc) is 2.57. The highest BCUT2D eigenvalue weighted by atomic mass is 35.5. The quantitative estimate of drug-likeness (QED) is 0.525. The van der Waals surface area contributed by atoms with E-state index in [4.69, 9.17) is 37.8 Å². The highest BCUT2D eigenvalue weighted by Crippen LogP contribution is 2.28. The summed E-state index contributed by atoms with van der Waals surface area (Å²) in [7, 11) is 0. The van der Waals surface area contributed by atoms with Gasteiger partial charge in [-0.3, -0.25) is 5.43 Å². The zero-order chi connectivity index (χ0) is 18.2. The second-order valence-corrected chi connectivity index (χ2v) is 5.63. The zero-order valence-corrected chi connectivity index (χ0v) is 14.8. The fourth-order valence-electron chi connectivity index (χ4n) is 1.88. The molecule has 0 bridgehead atoms. The number of nitrogens with zero attached hydrogens (tertiary/aromatic N) is 1. The van der Waals surface area contributed by atoms with Crippen molar-refractivity contribution in [3.05, 3.63) is 52.0 Å². The minimum absolute atomic E-state index is 0.360. The van der Waals surface area contributed by atoms with E-state index >= 15 is 0 Å². The predicted octanol–water partition coefficient (Wildman–Crippen LogP) is 4.30. The van der Waals surface area contributed by atoms with Crippen LogP contribution in [0.1, 0.15) is 12.5 Å². The molecule has 0 fully saturated rings. The zero-order valence-electron chi connectivity index (χ0n) is 13.3. The molecule has 0 radical (unpaired) electrons. The number of hydrogen-bond donors (Lipinski definition) is 2. The summed E-state index contributed by atoms with van der Waals surface area (Å²) in [5.41, 5.74) is 4.28. The summed E-state index contributed by atoms with van der Waals surface area (Å²) < 4.78 is 10.7. The van der Waals surface area contributed by atoms with Gasteiger partial charge in [-0.05, 0) is 48.9 Å². The van der Waals surface area contributed by atoms with Crippen LogP contribution in [0.5, 0.6) is 11.5 Å². The van der Waals surface area contributed by atoms with E-state index in [1.807, 2.05) is 6.92 Å². The number of halogens is 2. The Kier molecular flexibility index (Phi) is 6.91. The van der Waals surface area contributed by atoms with Crippen LogP contribution in [0.4, 0.5) is 5.69 Å². The molecule has 0 aliphatic rings. The normalized spacial score (nSPS) is 10.7. The molecule has 0 aliphatic heterocycles. The molecular formula is C17H16Cl2N2O4. The largest absolute Gasteiger partial charge is 0.490 e. The van der Waals surface area contributed by atoms with Gasteiger partial charge in [-0.1, -0.05) is 23.2 Å². The molecule has 0 amide bonds. The van der Waals surface area contributed by atoms with Crippen molar-refractivity contribution < 1.29 is 19.4 Å². The van der Waals surface area contributed by atoms with E-state index in [-0.39, 0.29) is 0 Å². The first-order chi connectivity index (χ1) is 12.0. The number of nitrogens with one attached hydrogen (secondary N) is 1. The van der Waals surface area contributed by atoms with Crippen LogP contribution in [0.2, 0.25) is 10.0 Å². The molecule has 0 saturated heterocycles. The first-order valence-corrected chi connectivity index (χ1v) is 8.10. The predicted molar refractivity (Wildman–Crippen MR) is 98.4 cm³/mol. The van der Waals surface area contributed by atoms with Gasteiger partial charge < -0.3 is 14.6 Å². The summed E-state index contributed by atoms with van der Waals surface area (Å²) in [6.45, 7) is 1.81. The molecule has 25 heavy (non-hydrogen) atoms. The van der Waals surface area contributed by atoms with Gasteiger partial charge in [0.1, 0.15) is 0 Å². The van der Waals surface area contributed by atoms with Crippen LogP contribution in [0.25, 0.3) is 0 Å². The van der Waals surface area contributed by atoms with Crippen LogP contribution in [0.3, 0.4) is 0 Å². The summed E-state index contributed by atoms with van der Waals surface area (Å²) in [4.78, 5) is 10.6. The lowest BCUT2D eigenvalue weighted by Gasteiger charge is -2.11. The van der Waals surface area contributed by atoms with E-state index in [1.54, 1.807) is 42.6 Å². The fraction of sp³-hybridized carbons (Fsp3) is 0.176. The van der Waals surface area contributed by atoms with Gasteiger partial charge >= 0.3 is 5.97 Å². The molecule has 0 unspecified atom stereocenters. The Morgan fingerprint density at radius 2 is 1.96 bits per heavy atom. The molecule has 0 spiro atoms. The maximum absolute atomic E-state index is 10.6. The third-order valence-corrected chi connectivity index (χ3v) is 3.68. The lowest BCUT2D eigenvalue weighted by Crippen LogP contribution is -2.10. The van der Waals surface area contributed by atoms with Crippen molar-refractivity contribution >= 4 is 41.1 Å². The van der Waals surface area contributed by atoms with E-state index in [2.05, 4.69) is 10.5 Å². The third kappa shape index (κ3) is 5.85. The van der Waals surface area contributed by atoms with Crippen molar-refractivity contribution in [3.63, 3.8) is 0 Å². The topological polar surface area (TPSA) is 80.1 Å². The van der Waals surface area contributed by atoms with Crippen molar-refractivity contribution in [3.8, 4) is 11.5 Å². The summed E-state index contributed by atoms with van der Waals surface area (Å²) in [6.07, 6.45) is 1.59. The first-order valence-electron chi connectivity index (χ1n) is 7.35. The lowest BCUT2D eigenvalue weighted by atomic mass is 10.2. The molecular weight excluding hydrogens is 367 g/mol. The second-order valence-electron chi connectivity index (χ2n) is 4.82. The number of ether oxygens (including phenoxy) is 2.